The van der Waals surface area contributed by atoms with Gasteiger partial charge >= 0.3 is 12.1 Å². The summed E-state index contributed by atoms with van der Waals surface area (Å²) >= 11 is 0. The van der Waals surface area contributed by atoms with Crippen molar-refractivity contribution in [3.05, 3.63) is 0 Å². The first kappa shape index (κ1) is 11.8. The van der Waals surface area contributed by atoms with Gasteiger partial charge in [0.25, 0.3) is 0 Å². The first-order valence-corrected chi connectivity index (χ1v) is 4.88. The Labute approximate surface area is 87.8 Å². The van der Waals surface area contributed by atoms with Crippen LogP contribution in [0.2, 0.25) is 0 Å². The molecule has 0 saturated carbocycles. The Kier molecular flexibility index (Phi) is 4.36. The molecular formula is C9H15NO5. The molecule has 0 aromatic carbocycles. The van der Waals surface area contributed by atoms with Crippen molar-refractivity contribution in [2.45, 2.75) is 19.4 Å². The molecule has 1 aliphatic heterocycles. The maximum absolute atomic E-state index is 10.9. The van der Waals surface area contributed by atoms with Crippen LogP contribution in [-0.4, -0.2) is 54.5 Å². The lowest BCUT2D eigenvalue weighted by molar-refractivity contribution is -0.150. The van der Waals surface area contributed by atoms with Crippen LogP contribution >= 0.6 is 0 Å². The van der Waals surface area contributed by atoms with Crippen molar-refractivity contribution in [1.82, 2.24) is 4.90 Å². The Morgan fingerprint density at radius 3 is 2.80 bits per heavy atom. The standard InChI is InChI=1S/C9H15NO5/c1-2-14-8(11)6-15-7-3-4-10(5-7)9(12)13/h7H,2-6H2,1H3,(H,12,13)/t7-/m1/s1. The minimum atomic E-state index is -0.947. The van der Waals surface area contributed by atoms with Crippen LogP contribution in [0, 0.1) is 0 Å². The zero-order chi connectivity index (χ0) is 11.3. The lowest BCUT2D eigenvalue weighted by Gasteiger charge is -2.12. The van der Waals surface area contributed by atoms with Crippen molar-refractivity contribution in [2.75, 3.05) is 26.3 Å². The third kappa shape index (κ3) is 3.75. The second-order valence-electron chi connectivity index (χ2n) is 3.26. The molecule has 6 heteroatoms. The third-order valence-corrected chi connectivity index (χ3v) is 2.16. The van der Waals surface area contributed by atoms with Gasteiger partial charge in [-0.15, -0.1) is 0 Å². The van der Waals surface area contributed by atoms with Crippen molar-refractivity contribution >= 4 is 12.1 Å². The number of rotatable bonds is 4. The summed E-state index contributed by atoms with van der Waals surface area (Å²) in [6, 6.07) is 0. The summed E-state index contributed by atoms with van der Waals surface area (Å²) in [5.74, 6) is -0.411. The minimum absolute atomic E-state index is 0.105. The number of esters is 1. The van der Waals surface area contributed by atoms with Crippen LogP contribution in [0.1, 0.15) is 13.3 Å². The first-order chi connectivity index (χ1) is 7.13. The Hall–Kier alpha value is -1.30. The SMILES string of the molecule is CCOC(=O)CO[C@@H]1CCN(C(=O)O)C1. The van der Waals surface area contributed by atoms with Crippen LogP contribution in [0.25, 0.3) is 0 Å². The first-order valence-electron chi connectivity index (χ1n) is 4.88. The van der Waals surface area contributed by atoms with Gasteiger partial charge in [0, 0.05) is 6.54 Å². The Balaban J connectivity index is 2.19. The summed E-state index contributed by atoms with van der Waals surface area (Å²) < 4.78 is 9.90. The quantitative estimate of drug-likeness (QED) is 0.686. The predicted octanol–water partition coefficient (Wildman–Crippen LogP) is 0.318. The smallest absolute Gasteiger partial charge is 0.407 e. The summed E-state index contributed by atoms with van der Waals surface area (Å²) in [4.78, 5) is 22.8. The number of carboxylic acid groups (broad SMARTS) is 1. The van der Waals surface area contributed by atoms with Gasteiger partial charge in [-0.1, -0.05) is 0 Å². The molecule has 0 aromatic heterocycles. The largest absolute Gasteiger partial charge is 0.465 e. The molecule has 1 heterocycles. The number of hydrogen-bond acceptors (Lipinski definition) is 4. The highest BCUT2D eigenvalue weighted by molar-refractivity contribution is 5.70. The fraction of sp³-hybridized carbons (Fsp3) is 0.778. The molecule has 86 valence electrons. The Morgan fingerprint density at radius 1 is 1.53 bits per heavy atom. The van der Waals surface area contributed by atoms with Gasteiger partial charge in [-0.05, 0) is 13.3 Å². The molecule has 0 spiro atoms. The molecule has 6 nitrogen and oxygen atoms in total. The number of hydrogen-bond donors (Lipinski definition) is 1. The number of ether oxygens (including phenoxy) is 2. The molecule has 1 atom stereocenters. The maximum atomic E-state index is 10.9. The molecule has 15 heavy (non-hydrogen) atoms. The zero-order valence-corrected chi connectivity index (χ0v) is 8.64. The number of likely N-dealkylation sites (tertiary alicyclic amines) is 1. The molecule has 1 aliphatic rings. The van der Waals surface area contributed by atoms with Crippen molar-refractivity contribution in [1.29, 1.82) is 0 Å². The summed E-state index contributed by atoms with van der Waals surface area (Å²) in [7, 11) is 0. The number of nitrogens with zero attached hydrogens (tertiary/aromatic N) is 1. The zero-order valence-electron chi connectivity index (χ0n) is 8.64. The van der Waals surface area contributed by atoms with E-state index in [-0.39, 0.29) is 12.7 Å². The van der Waals surface area contributed by atoms with Crippen LogP contribution in [0.4, 0.5) is 4.79 Å². The van der Waals surface area contributed by atoms with E-state index in [0.29, 0.717) is 26.1 Å². The van der Waals surface area contributed by atoms with Gasteiger partial charge in [-0.2, -0.15) is 0 Å². The molecule has 1 N–H and O–H groups in total. The average molecular weight is 217 g/mol. The number of carbonyl (C=O) groups is 2. The summed E-state index contributed by atoms with van der Waals surface area (Å²) in [5, 5.41) is 8.67. The molecule has 1 fully saturated rings. The molecule has 0 radical (unpaired) electrons. The fourth-order valence-electron chi connectivity index (χ4n) is 1.43. The molecule has 0 bridgehead atoms. The second-order valence-corrected chi connectivity index (χ2v) is 3.26. The van der Waals surface area contributed by atoms with Crippen molar-refractivity contribution in [3.63, 3.8) is 0 Å². The van der Waals surface area contributed by atoms with E-state index in [1.54, 1.807) is 6.92 Å². The van der Waals surface area contributed by atoms with Crippen molar-refractivity contribution in [2.24, 2.45) is 0 Å². The van der Waals surface area contributed by atoms with Gasteiger partial charge in [0.05, 0.1) is 19.3 Å². The van der Waals surface area contributed by atoms with E-state index in [9.17, 15) is 9.59 Å². The van der Waals surface area contributed by atoms with Crippen LogP contribution in [0.15, 0.2) is 0 Å². The third-order valence-electron chi connectivity index (χ3n) is 2.16. The van der Waals surface area contributed by atoms with Gasteiger partial charge in [-0.3, -0.25) is 0 Å². The monoisotopic (exact) mass is 217 g/mol. The van der Waals surface area contributed by atoms with E-state index in [2.05, 4.69) is 4.74 Å². The number of amides is 1. The molecule has 1 rings (SSSR count). The normalized spacial score (nSPS) is 20.3. The molecule has 0 aliphatic carbocycles. The summed E-state index contributed by atoms with van der Waals surface area (Å²) in [5.41, 5.74) is 0. The van der Waals surface area contributed by atoms with E-state index in [1.165, 1.54) is 4.90 Å². The van der Waals surface area contributed by atoms with E-state index in [4.69, 9.17) is 9.84 Å². The van der Waals surface area contributed by atoms with Crippen molar-refractivity contribution < 1.29 is 24.2 Å². The van der Waals surface area contributed by atoms with Gasteiger partial charge in [0.2, 0.25) is 0 Å². The number of carbonyl (C=O) groups excluding carboxylic acids is 1. The summed E-state index contributed by atoms with van der Waals surface area (Å²) in [6.45, 7) is 2.73. The van der Waals surface area contributed by atoms with E-state index < -0.39 is 12.1 Å². The van der Waals surface area contributed by atoms with E-state index in [0.717, 1.165) is 0 Å². The van der Waals surface area contributed by atoms with E-state index in [1.807, 2.05) is 0 Å². The maximum Gasteiger partial charge on any atom is 0.407 e. The fourth-order valence-corrected chi connectivity index (χ4v) is 1.43. The highest BCUT2D eigenvalue weighted by Crippen LogP contribution is 2.12. The predicted molar refractivity (Wildman–Crippen MR) is 50.6 cm³/mol. The molecule has 1 saturated heterocycles. The highest BCUT2D eigenvalue weighted by Gasteiger charge is 2.26. The molecular weight excluding hydrogens is 202 g/mol. The van der Waals surface area contributed by atoms with Crippen LogP contribution in [0.3, 0.4) is 0 Å². The second kappa shape index (κ2) is 5.55. The van der Waals surface area contributed by atoms with Crippen LogP contribution in [0.5, 0.6) is 0 Å². The Morgan fingerprint density at radius 2 is 2.27 bits per heavy atom. The van der Waals surface area contributed by atoms with Crippen molar-refractivity contribution in [3.8, 4) is 0 Å². The van der Waals surface area contributed by atoms with Gasteiger partial charge < -0.3 is 19.5 Å². The van der Waals surface area contributed by atoms with E-state index >= 15 is 0 Å². The average Bonchev–Trinajstić information content (AvgIpc) is 2.63. The molecule has 0 aromatic rings. The van der Waals surface area contributed by atoms with Gasteiger partial charge in [0.1, 0.15) is 6.61 Å². The van der Waals surface area contributed by atoms with Gasteiger partial charge in [-0.25, -0.2) is 9.59 Å². The van der Waals surface area contributed by atoms with Gasteiger partial charge in [0.15, 0.2) is 0 Å². The molecule has 1 amide bonds. The minimum Gasteiger partial charge on any atom is -0.465 e. The Bertz CT molecular complexity index is 243. The topological polar surface area (TPSA) is 76.1 Å². The van der Waals surface area contributed by atoms with Crippen LogP contribution < -0.4 is 0 Å². The summed E-state index contributed by atoms with van der Waals surface area (Å²) in [6.07, 6.45) is -0.506. The molecule has 0 unspecified atom stereocenters. The highest BCUT2D eigenvalue weighted by atomic mass is 16.6. The van der Waals surface area contributed by atoms with Crippen LogP contribution in [-0.2, 0) is 14.3 Å². The lowest BCUT2D eigenvalue weighted by Crippen LogP contribution is -2.29. The lowest BCUT2D eigenvalue weighted by atomic mass is 10.3.